The molecule has 2 rings (SSSR count). The molecule has 0 radical (unpaired) electrons. The van der Waals surface area contributed by atoms with Gasteiger partial charge in [-0.15, -0.1) is 0 Å². The maximum absolute atomic E-state index is 11.9. The zero-order valence-electron chi connectivity index (χ0n) is 40.0. The van der Waals surface area contributed by atoms with E-state index < -0.39 is 92.7 Å². The van der Waals surface area contributed by atoms with Crippen LogP contribution in [0.3, 0.4) is 0 Å². The van der Waals surface area contributed by atoms with Crippen LogP contribution in [0, 0.1) is 0 Å². The maximum Gasteiger partial charge on any atom is 0.217 e. The molecule has 2 aliphatic rings. The summed E-state index contributed by atoms with van der Waals surface area (Å²) in [4.78, 5) is 11.9. The molecular formula is C50H95NO13. The topological polar surface area (TPSA) is 228 Å². The fraction of sp³-hybridized carbons (Fsp3) is 0.940. The molecule has 14 nitrogen and oxygen atoms in total. The zero-order chi connectivity index (χ0) is 46.8. The van der Waals surface area contributed by atoms with Gasteiger partial charge in [-0.25, -0.2) is 0 Å². The molecular weight excluding hydrogens is 823 g/mol. The van der Waals surface area contributed by atoms with Crippen LogP contribution in [-0.2, 0) is 23.7 Å². The summed E-state index contributed by atoms with van der Waals surface area (Å²) in [6.45, 7) is 1.86. The van der Waals surface area contributed by atoms with E-state index in [-0.39, 0.29) is 6.61 Å². The van der Waals surface area contributed by atoms with E-state index in [0.717, 1.165) is 19.3 Å². The van der Waals surface area contributed by atoms with Crippen molar-refractivity contribution in [2.45, 2.75) is 280 Å². The Morgan fingerprint density at radius 3 is 1.34 bits per heavy atom. The number of nitrogens with one attached hydrogen (secondary N) is 1. The van der Waals surface area contributed by atoms with Gasteiger partial charge in [0, 0.05) is 6.92 Å². The Bertz CT molecular complexity index is 1130. The first-order valence-corrected chi connectivity index (χ1v) is 25.9. The highest BCUT2D eigenvalue weighted by Gasteiger charge is 2.51. The van der Waals surface area contributed by atoms with Crippen LogP contribution in [0.15, 0.2) is 12.2 Å². The van der Waals surface area contributed by atoms with Gasteiger partial charge in [0.1, 0.15) is 48.8 Å². The Hall–Kier alpha value is -1.27. The highest BCUT2D eigenvalue weighted by atomic mass is 16.7. The molecule has 64 heavy (non-hydrogen) atoms. The minimum Gasteiger partial charge on any atom is -0.394 e. The second-order valence-electron chi connectivity index (χ2n) is 18.8. The number of carbonyl (C=O) groups excluding carboxylic acids is 1. The quantitative estimate of drug-likeness (QED) is 0.0229. The Labute approximate surface area is 386 Å². The molecule has 378 valence electrons. The van der Waals surface area contributed by atoms with E-state index in [9.17, 15) is 45.6 Å². The van der Waals surface area contributed by atoms with Crippen LogP contribution in [-0.4, -0.2) is 140 Å². The average Bonchev–Trinajstić information content (AvgIpc) is 3.28. The number of aliphatic hydroxyl groups excluding tert-OH is 8. The second kappa shape index (κ2) is 37.7. The van der Waals surface area contributed by atoms with Crippen LogP contribution in [0.2, 0.25) is 0 Å². The molecule has 2 aliphatic heterocycles. The average molecular weight is 918 g/mol. The van der Waals surface area contributed by atoms with E-state index in [1.807, 2.05) is 6.08 Å². The summed E-state index contributed by atoms with van der Waals surface area (Å²) in [5.74, 6) is -0.414. The van der Waals surface area contributed by atoms with E-state index in [4.69, 9.17) is 18.9 Å². The molecule has 0 aromatic carbocycles. The van der Waals surface area contributed by atoms with Crippen LogP contribution < -0.4 is 5.32 Å². The molecule has 0 spiro atoms. The number of hydrogen-bond donors (Lipinski definition) is 9. The van der Waals surface area contributed by atoms with Crippen LogP contribution >= 0.6 is 0 Å². The number of ether oxygens (including phenoxy) is 4. The van der Waals surface area contributed by atoms with Crippen molar-refractivity contribution in [3.63, 3.8) is 0 Å². The second-order valence-corrected chi connectivity index (χ2v) is 18.8. The molecule has 2 fully saturated rings. The number of unbranched alkanes of at least 4 members (excludes halogenated alkanes) is 29. The lowest BCUT2D eigenvalue weighted by Crippen LogP contribution is -2.65. The number of hydrogen-bond acceptors (Lipinski definition) is 13. The molecule has 0 saturated carbocycles. The summed E-state index contributed by atoms with van der Waals surface area (Å²) in [7, 11) is 0. The van der Waals surface area contributed by atoms with Gasteiger partial charge in [-0.2, -0.15) is 0 Å². The number of allylic oxidation sites excluding steroid dienone is 1. The van der Waals surface area contributed by atoms with E-state index in [2.05, 4.69) is 12.2 Å². The minimum absolute atomic E-state index is 0.310. The van der Waals surface area contributed by atoms with Crippen molar-refractivity contribution in [3.8, 4) is 0 Å². The van der Waals surface area contributed by atoms with E-state index >= 15 is 0 Å². The number of rotatable bonds is 40. The van der Waals surface area contributed by atoms with Gasteiger partial charge in [-0.3, -0.25) is 4.79 Å². The van der Waals surface area contributed by atoms with Crippen molar-refractivity contribution < 1.29 is 64.6 Å². The van der Waals surface area contributed by atoms with Crippen molar-refractivity contribution in [2.75, 3.05) is 19.8 Å². The minimum atomic E-state index is -1.78. The van der Waals surface area contributed by atoms with Gasteiger partial charge in [0.25, 0.3) is 0 Å². The van der Waals surface area contributed by atoms with E-state index in [1.54, 1.807) is 6.08 Å². The van der Waals surface area contributed by atoms with Gasteiger partial charge in [-0.1, -0.05) is 199 Å². The van der Waals surface area contributed by atoms with Crippen LogP contribution in [0.1, 0.15) is 206 Å². The first-order valence-electron chi connectivity index (χ1n) is 25.9. The summed E-state index contributed by atoms with van der Waals surface area (Å²) in [5.41, 5.74) is 0. The summed E-state index contributed by atoms with van der Waals surface area (Å²) >= 11 is 0. The molecule has 0 bridgehead atoms. The zero-order valence-corrected chi connectivity index (χ0v) is 40.0. The monoisotopic (exact) mass is 918 g/mol. The lowest BCUT2D eigenvalue weighted by molar-refractivity contribution is -0.359. The molecule has 0 aliphatic carbocycles. The fourth-order valence-electron chi connectivity index (χ4n) is 8.86. The van der Waals surface area contributed by atoms with Crippen molar-refractivity contribution in [3.05, 3.63) is 12.2 Å². The maximum atomic E-state index is 11.9. The van der Waals surface area contributed by atoms with Crippen molar-refractivity contribution >= 4 is 5.91 Å². The Balaban J connectivity index is 1.47. The Morgan fingerprint density at radius 2 is 0.938 bits per heavy atom. The molecule has 12 atom stereocenters. The normalized spacial score (nSPS) is 27.3. The van der Waals surface area contributed by atoms with Crippen molar-refractivity contribution in [1.82, 2.24) is 5.32 Å². The van der Waals surface area contributed by atoms with Gasteiger partial charge in [0.2, 0.25) is 5.91 Å². The summed E-state index contributed by atoms with van der Waals surface area (Å²) in [6, 6.07) is -0.911. The molecule has 2 saturated heterocycles. The third-order valence-electron chi connectivity index (χ3n) is 13.0. The van der Waals surface area contributed by atoms with Crippen LogP contribution in [0.25, 0.3) is 0 Å². The molecule has 0 aromatic rings. The highest BCUT2D eigenvalue weighted by Crippen LogP contribution is 2.30. The molecule has 14 heteroatoms. The fourth-order valence-corrected chi connectivity index (χ4v) is 8.86. The van der Waals surface area contributed by atoms with Crippen molar-refractivity contribution in [1.29, 1.82) is 0 Å². The predicted molar refractivity (Wildman–Crippen MR) is 249 cm³/mol. The first kappa shape index (κ1) is 58.9. The van der Waals surface area contributed by atoms with Gasteiger partial charge in [0.15, 0.2) is 12.6 Å². The Kier molecular flexibility index (Phi) is 34.7. The van der Waals surface area contributed by atoms with Gasteiger partial charge in [0.05, 0.1) is 32.0 Å². The molecule has 9 N–H and O–H groups in total. The third-order valence-corrected chi connectivity index (χ3v) is 13.0. The molecule has 12 unspecified atom stereocenters. The first-order chi connectivity index (χ1) is 31.0. The van der Waals surface area contributed by atoms with Crippen molar-refractivity contribution in [2.24, 2.45) is 0 Å². The number of carbonyl (C=O) groups is 1. The highest BCUT2D eigenvalue weighted by molar-refractivity contribution is 5.73. The van der Waals surface area contributed by atoms with Gasteiger partial charge < -0.3 is 65.1 Å². The summed E-state index contributed by atoms with van der Waals surface area (Å²) in [6.07, 6.45) is 26.9. The van der Waals surface area contributed by atoms with Crippen LogP contribution in [0.4, 0.5) is 0 Å². The lowest BCUT2D eigenvalue weighted by atomic mass is 9.97. The smallest absolute Gasteiger partial charge is 0.217 e. The van der Waals surface area contributed by atoms with Crippen LogP contribution in [0.5, 0.6) is 0 Å². The summed E-state index contributed by atoms with van der Waals surface area (Å²) in [5, 5.41) is 85.1. The molecule has 0 aromatic heterocycles. The largest absolute Gasteiger partial charge is 0.394 e. The van der Waals surface area contributed by atoms with Gasteiger partial charge >= 0.3 is 0 Å². The SMILES string of the molecule is CCCCCCCCCCCCCCCCCCCCCCCCCCCCCCC/C=C/C(O)C(COC1OC(CO)C(OC2OC(CO)C(O)C(O)C2O)C(O)C1O)NC(C)=O. The standard InChI is InChI=1S/C50H95NO13/c1-3-4-5-6-7-8-9-10-11-12-13-14-15-16-17-18-19-20-21-22-23-24-25-26-27-28-29-30-31-32-33-34-40(55)39(51-38(2)54)37-61-49-47(60)45(58)48(42(36-53)63-49)64-50-46(59)44(57)43(56)41(35-52)62-50/h33-34,39-50,52-53,55-60H,3-32,35-37H2,1-2H3,(H,51,54)/b34-33+. The predicted octanol–water partition coefficient (Wildman–Crippen LogP) is 6.77. The van der Waals surface area contributed by atoms with E-state index in [1.165, 1.54) is 180 Å². The third kappa shape index (κ3) is 25.2. The van der Waals surface area contributed by atoms with E-state index in [0.29, 0.717) is 0 Å². The summed E-state index contributed by atoms with van der Waals surface area (Å²) < 4.78 is 22.2. The lowest BCUT2D eigenvalue weighted by Gasteiger charge is -2.46. The Morgan fingerprint density at radius 1 is 0.547 bits per heavy atom. The van der Waals surface area contributed by atoms with Gasteiger partial charge in [-0.05, 0) is 12.8 Å². The number of amides is 1. The molecule has 1 amide bonds. The number of aliphatic hydroxyl groups is 8. The molecule has 2 heterocycles.